The van der Waals surface area contributed by atoms with Crippen LogP contribution in [0.2, 0.25) is 0 Å². The van der Waals surface area contributed by atoms with Crippen molar-refractivity contribution in [3.05, 3.63) is 95.0 Å². The van der Waals surface area contributed by atoms with Crippen molar-refractivity contribution in [1.29, 1.82) is 0 Å². The first kappa shape index (κ1) is 25.6. The second kappa shape index (κ2) is 11.2. The highest BCUT2D eigenvalue weighted by atomic mass is 19.1. The zero-order valence-corrected chi connectivity index (χ0v) is 22.2. The Balaban J connectivity index is 1.14. The summed E-state index contributed by atoms with van der Waals surface area (Å²) in [5.41, 5.74) is 11.3. The van der Waals surface area contributed by atoms with Gasteiger partial charge in [0.1, 0.15) is 23.9 Å². The van der Waals surface area contributed by atoms with Crippen LogP contribution in [0.15, 0.2) is 72.5 Å². The molecule has 6 heteroatoms. The number of carbonyl (C=O) groups excluding carboxylic acids is 1. The molecule has 202 valence electrons. The number of amides is 1. The van der Waals surface area contributed by atoms with Crippen LogP contribution >= 0.6 is 0 Å². The molecular formula is C33H35FN2O3. The summed E-state index contributed by atoms with van der Waals surface area (Å²) in [5, 5.41) is 0. The molecule has 0 spiro atoms. The lowest BCUT2D eigenvalue weighted by molar-refractivity contribution is -0.113. The standard InChI is InChI=1S/C33H35FN2O3/c34-26-8-5-23(6-9-26)24-7-16-30-25(20-24)21-38-31(32(30)33(35)37)17-11-27(36-18-1-19-36)10-2-22-3-12-28(13-4-22)39-29-14-15-29/h3-9,12-13,16,20,27,29H,1-2,10-11,14-15,17-19,21H2,(H2,35,37). The van der Waals surface area contributed by atoms with Crippen molar-refractivity contribution < 1.29 is 18.7 Å². The van der Waals surface area contributed by atoms with E-state index >= 15 is 0 Å². The Labute approximate surface area is 229 Å². The highest BCUT2D eigenvalue weighted by molar-refractivity contribution is 6.20. The van der Waals surface area contributed by atoms with Gasteiger partial charge in [0.25, 0.3) is 5.91 Å². The molecule has 2 fully saturated rings. The van der Waals surface area contributed by atoms with Crippen molar-refractivity contribution in [2.24, 2.45) is 5.73 Å². The molecule has 1 amide bonds. The number of ether oxygens (including phenoxy) is 2. The number of primary amides is 1. The second-order valence-electron chi connectivity index (χ2n) is 10.9. The van der Waals surface area contributed by atoms with Crippen LogP contribution in [0.5, 0.6) is 5.75 Å². The monoisotopic (exact) mass is 526 g/mol. The van der Waals surface area contributed by atoms with Gasteiger partial charge in [-0.2, -0.15) is 0 Å². The molecule has 0 radical (unpaired) electrons. The van der Waals surface area contributed by atoms with Gasteiger partial charge in [-0.1, -0.05) is 36.4 Å². The molecule has 1 aliphatic carbocycles. The van der Waals surface area contributed by atoms with Crippen molar-refractivity contribution in [3.63, 3.8) is 0 Å². The normalized spacial score (nSPS) is 17.7. The van der Waals surface area contributed by atoms with Crippen LogP contribution in [0.1, 0.15) is 55.2 Å². The number of hydrogen-bond acceptors (Lipinski definition) is 4. The van der Waals surface area contributed by atoms with Gasteiger partial charge in [0.2, 0.25) is 0 Å². The Bertz CT molecular complexity index is 1360. The summed E-state index contributed by atoms with van der Waals surface area (Å²) in [5.74, 6) is 0.925. The van der Waals surface area contributed by atoms with Gasteiger partial charge in [-0.15, -0.1) is 0 Å². The van der Waals surface area contributed by atoms with E-state index in [0.29, 0.717) is 36.5 Å². The summed E-state index contributed by atoms with van der Waals surface area (Å²) < 4.78 is 25.4. The van der Waals surface area contributed by atoms with Crippen LogP contribution in [0, 0.1) is 5.82 Å². The van der Waals surface area contributed by atoms with Gasteiger partial charge in [-0.25, -0.2) is 4.39 Å². The van der Waals surface area contributed by atoms with Crippen molar-refractivity contribution >= 4 is 11.5 Å². The Kier molecular flexibility index (Phi) is 7.38. The van der Waals surface area contributed by atoms with Gasteiger partial charge >= 0.3 is 0 Å². The van der Waals surface area contributed by atoms with Gasteiger partial charge in [-0.3, -0.25) is 4.79 Å². The first-order valence-electron chi connectivity index (χ1n) is 14.1. The van der Waals surface area contributed by atoms with Crippen LogP contribution in [-0.2, 0) is 22.6 Å². The van der Waals surface area contributed by atoms with Crippen molar-refractivity contribution in [3.8, 4) is 16.9 Å². The van der Waals surface area contributed by atoms with E-state index in [4.69, 9.17) is 15.2 Å². The third-order valence-corrected chi connectivity index (χ3v) is 8.11. The van der Waals surface area contributed by atoms with Crippen molar-refractivity contribution in [1.82, 2.24) is 4.90 Å². The summed E-state index contributed by atoms with van der Waals surface area (Å²) in [6.45, 7) is 2.63. The Morgan fingerprint density at radius 2 is 1.69 bits per heavy atom. The fraction of sp³-hybridized carbons (Fsp3) is 0.364. The molecule has 0 aromatic heterocycles. The number of aryl methyl sites for hydroxylation is 1. The van der Waals surface area contributed by atoms with Gasteiger partial charge < -0.3 is 20.1 Å². The molecule has 1 saturated carbocycles. The zero-order valence-electron chi connectivity index (χ0n) is 22.2. The fourth-order valence-corrected chi connectivity index (χ4v) is 5.59. The maximum absolute atomic E-state index is 13.4. The lowest BCUT2D eigenvalue weighted by atomic mass is 9.90. The number of hydrogen-bond donors (Lipinski definition) is 1. The number of nitrogens with zero attached hydrogens (tertiary/aromatic N) is 1. The largest absolute Gasteiger partial charge is 0.492 e. The molecule has 3 aliphatic rings. The average Bonchev–Trinajstić information content (AvgIpc) is 3.73. The highest BCUT2D eigenvalue weighted by Crippen LogP contribution is 2.35. The Morgan fingerprint density at radius 3 is 2.36 bits per heavy atom. The number of nitrogens with two attached hydrogens (primary N) is 1. The molecule has 5 nitrogen and oxygen atoms in total. The summed E-state index contributed by atoms with van der Waals surface area (Å²) in [4.78, 5) is 15.1. The number of allylic oxidation sites excluding steroid dienone is 1. The van der Waals surface area contributed by atoms with Crippen molar-refractivity contribution in [2.45, 2.75) is 63.7 Å². The van der Waals surface area contributed by atoms with Gasteiger partial charge in [0.05, 0.1) is 11.7 Å². The van der Waals surface area contributed by atoms with E-state index in [9.17, 15) is 9.18 Å². The Morgan fingerprint density at radius 1 is 0.974 bits per heavy atom. The quantitative estimate of drug-likeness (QED) is 0.321. The fourth-order valence-electron chi connectivity index (χ4n) is 5.59. The molecule has 2 N–H and O–H groups in total. The van der Waals surface area contributed by atoms with Crippen LogP contribution < -0.4 is 10.5 Å². The van der Waals surface area contributed by atoms with E-state index in [-0.39, 0.29) is 5.82 Å². The number of rotatable bonds is 11. The van der Waals surface area contributed by atoms with Gasteiger partial charge in [0, 0.05) is 12.5 Å². The van der Waals surface area contributed by atoms with Crippen molar-refractivity contribution in [2.75, 3.05) is 13.1 Å². The minimum atomic E-state index is -0.463. The van der Waals surface area contributed by atoms with E-state index in [1.54, 1.807) is 12.1 Å². The molecule has 6 rings (SSSR count). The number of carbonyl (C=O) groups is 1. The maximum Gasteiger partial charge on any atom is 0.252 e. The summed E-state index contributed by atoms with van der Waals surface area (Å²) >= 11 is 0. The van der Waals surface area contributed by atoms with E-state index in [1.807, 2.05) is 18.2 Å². The number of likely N-dealkylation sites (tertiary alicyclic amines) is 1. The third-order valence-electron chi connectivity index (χ3n) is 8.11. The van der Waals surface area contributed by atoms with Crippen LogP contribution in [0.25, 0.3) is 16.7 Å². The molecule has 0 bridgehead atoms. The third kappa shape index (κ3) is 6.01. The molecule has 39 heavy (non-hydrogen) atoms. The SMILES string of the molecule is NC(=O)C1=C(CCC(CCc2ccc(OC3CC3)cc2)N2CCC2)OCc2cc(-c3ccc(F)cc3)ccc21. The average molecular weight is 527 g/mol. The van der Waals surface area contributed by atoms with E-state index in [2.05, 4.69) is 29.2 Å². The first-order chi connectivity index (χ1) is 19.0. The van der Waals surface area contributed by atoms with Crippen LogP contribution in [0.4, 0.5) is 4.39 Å². The zero-order chi connectivity index (χ0) is 26.8. The maximum atomic E-state index is 13.4. The van der Waals surface area contributed by atoms with E-state index < -0.39 is 5.91 Å². The minimum absolute atomic E-state index is 0.267. The smallest absolute Gasteiger partial charge is 0.252 e. The number of benzene rings is 3. The molecule has 2 aliphatic heterocycles. The molecule has 3 aromatic rings. The molecule has 1 unspecified atom stereocenters. The summed E-state index contributed by atoms with van der Waals surface area (Å²) in [7, 11) is 0. The first-order valence-corrected chi connectivity index (χ1v) is 14.1. The highest BCUT2D eigenvalue weighted by Gasteiger charge is 2.28. The topological polar surface area (TPSA) is 64.8 Å². The summed E-state index contributed by atoms with van der Waals surface area (Å²) in [6.07, 6.45) is 7.63. The lowest BCUT2D eigenvalue weighted by Crippen LogP contribution is -2.45. The number of fused-ring (bicyclic) bond motifs is 1. The summed E-state index contributed by atoms with van der Waals surface area (Å²) in [6, 6.07) is 21.3. The molecule has 3 aromatic carbocycles. The van der Waals surface area contributed by atoms with E-state index in [1.165, 1.54) is 37.0 Å². The van der Waals surface area contributed by atoms with Gasteiger partial charge in [-0.05, 0) is 110 Å². The van der Waals surface area contributed by atoms with Crippen LogP contribution in [-0.4, -0.2) is 36.0 Å². The second-order valence-corrected chi connectivity index (χ2v) is 10.9. The molecule has 1 saturated heterocycles. The molecular weight excluding hydrogens is 491 g/mol. The lowest BCUT2D eigenvalue weighted by Gasteiger charge is -2.39. The van der Waals surface area contributed by atoms with Gasteiger partial charge in [0.15, 0.2) is 0 Å². The predicted molar refractivity (Wildman–Crippen MR) is 150 cm³/mol. The minimum Gasteiger partial charge on any atom is -0.492 e. The number of halogens is 1. The molecule has 1 atom stereocenters. The predicted octanol–water partition coefficient (Wildman–Crippen LogP) is 6.25. The molecule has 2 heterocycles. The Hall–Kier alpha value is -3.64. The van der Waals surface area contributed by atoms with E-state index in [0.717, 1.165) is 60.4 Å². The van der Waals surface area contributed by atoms with Crippen LogP contribution in [0.3, 0.4) is 0 Å².